The maximum atomic E-state index is 2.60. The Labute approximate surface area is 115 Å². The lowest BCUT2D eigenvalue weighted by Crippen LogP contribution is -2.66. The molecule has 1 unspecified atom stereocenters. The molecule has 3 rings (SSSR count). The summed E-state index contributed by atoms with van der Waals surface area (Å²) >= 11 is 0. The molecule has 0 heteroatoms. The van der Waals surface area contributed by atoms with Gasteiger partial charge < -0.3 is 0 Å². The van der Waals surface area contributed by atoms with Crippen LogP contribution in [0, 0.1) is 39.4 Å². The van der Waals surface area contributed by atoms with Crippen molar-refractivity contribution in [3.05, 3.63) is 0 Å². The van der Waals surface area contributed by atoms with E-state index >= 15 is 0 Å². The van der Waals surface area contributed by atoms with E-state index in [2.05, 4.69) is 62.3 Å². The van der Waals surface area contributed by atoms with Gasteiger partial charge in [0.05, 0.1) is 0 Å². The van der Waals surface area contributed by atoms with Crippen LogP contribution >= 0.6 is 0 Å². The molecule has 0 heterocycles. The Balaban J connectivity index is 2.47. The molecule has 0 aromatic carbocycles. The second-order valence-corrected chi connectivity index (χ2v) is 9.99. The molecule has 0 spiro atoms. The van der Waals surface area contributed by atoms with Crippen LogP contribution in [0.5, 0.6) is 0 Å². The highest BCUT2D eigenvalue weighted by Crippen LogP contribution is 2.74. The second kappa shape index (κ2) is 3.55. The van der Waals surface area contributed by atoms with E-state index < -0.39 is 0 Å². The fourth-order valence-electron chi connectivity index (χ4n) is 5.50. The molecule has 2 bridgehead atoms. The van der Waals surface area contributed by atoms with Crippen molar-refractivity contribution in [2.24, 2.45) is 39.4 Å². The van der Waals surface area contributed by atoms with Gasteiger partial charge in [0.15, 0.2) is 0 Å². The van der Waals surface area contributed by atoms with Crippen molar-refractivity contribution in [2.75, 3.05) is 0 Å². The van der Waals surface area contributed by atoms with E-state index in [4.69, 9.17) is 0 Å². The first-order valence-electron chi connectivity index (χ1n) is 7.83. The molecule has 3 fully saturated rings. The molecule has 0 aromatic rings. The molecule has 0 amide bonds. The molecule has 106 valence electrons. The molecule has 0 nitrogen and oxygen atoms in total. The van der Waals surface area contributed by atoms with Crippen LogP contribution in [0.15, 0.2) is 0 Å². The summed E-state index contributed by atoms with van der Waals surface area (Å²) in [6, 6.07) is 0. The van der Waals surface area contributed by atoms with Crippen LogP contribution in [0.4, 0.5) is 0 Å². The molecule has 0 N–H and O–H groups in total. The molecular formula is C18H34. The lowest BCUT2D eigenvalue weighted by atomic mass is 9.32. The van der Waals surface area contributed by atoms with E-state index in [1.165, 1.54) is 12.8 Å². The van der Waals surface area contributed by atoms with Crippen LogP contribution in [-0.4, -0.2) is 0 Å². The Kier molecular flexibility index (Phi) is 2.84. The lowest BCUT2D eigenvalue weighted by Gasteiger charge is -2.73. The first kappa shape index (κ1) is 14.4. The van der Waals surface area contributed by atoms with Gasteiger partial charge in [-0.15, -0.1) is 0 Å². The summed E-state index contributed by atoms with van der Waals surface area (Å²) in [4.78, 5) is 0. The van der Waals surface area contributed by atoms with Crippen molar-refractivity contribution in [3.63, 3.8) is 0 Å². The van der Waals surface area contributed by atoms with E-state index in [0.29, 0.717) is 21.7 Å². The summed E-state index contributed by atoms with van der Waals surface area (Å²) in [5.74, 6) is 2.75. The molecular weight excluding hydrogens is 216 g/mol. The third kappa shape index (κ3) is 1.63. The Morgan fingerprint density at radius 3 is 1.67 bits per heavy atom. The van der Waals surface area contributed by atoms with Crippen molar-refractivity contribution in [1.29, 1.82) is 0 Å². The summed E-state index contributed by atoms with van der Waals surface area (Å²) in [5, 5.41) is 0. The highest BCUT2D eigenvalue weighted by atomic mass is 14.7. The van der Waals surface area contributed by atoms with Gasteiger partial charge in [-0.1, -0.05) is 62.3 Å². The molecule has 4 atom stereocenters. The molecule has 0 aromatic heterocycles. The van der Waals surface area contributed by atoms with Gasteiger partial charge in [-0.3, -0.25) is 0 Å². The average Bonchev–Trinajstić information content (AvgIpc) is 2.13. The first-order valence-corrected chi connectivity index (χ1v) is 7.83. The summed E-state index contributed by atoms with van der Waals surface area (Å²) < 4.78 is 0. The molecule has 0 saturated heterocycles. The van der Waals surface area contributed by atoms with E-state index in [1.807, 2.05) is 0 Å². The summed E-state index contributed by atoms with van der Waals surface area (Å²) in [6.07, 6.45) is 2.92. The summed E-state index contributed by atoms with van der Waals surface area (Å²) in [7, 11) is 0. The predicted molar refractivity (Wildman–Crippen MR) is 80.5 cm³/mol. The standard InChI is InChI=1S/C18H34/c1-15(2,3)13-10-12-11-14(17(12,7)8)18(13,9)16(4,5)6/h12-14H,10-11H2,1-9H3/t12-,13?,14+,18+/m0/s1. The zero-order valence-corrected chi connectivity index (χ0v) is 14.1. The molecule has 18 heavy (non-hydrogen) atoms. The second-order valence-electron chi connectivity index (χ2n) is 9.99. The van der Waals surface area contributed by atoms with Crippen LogP contribution in [0.2, 0.25) is 0 Å². The largest absolute Gasteiger partial charge is 0.0599 e. The van der Waals surface area contributed by atoms with E-state index in [1.54, 1.807) is 0 Å². The van der Waals surface area contributed by atoms with Crippen molar-refractivity contribution in [3.8, 4) is 0 Å². The van der Waals surface area contributed by atoms with Crippen LogP contribution < -0.4 is 0 Å². The Hall–Kier alpha value is 0. The van der Waals surface area contributed by atoms with Gasteiger partial charge in [-0.25, -0.2) is 0 Å². The van der Waals surface area contributed by atoms with Crippen LogP contribution in [0.1, 0.15) is 75.2 Å². The maximum absolute atomic E-state index is 2.60. The van der Waals surface area contributed by atoms with E-state index in [9.17, 15) is 0 Å². The molecule has 3 aliphatic rings. The molecule has 3 saturated carbocycles. The van der Waals surface area contributed by atoms with Gasteiger partial charge in [0, 0.05) is 0 Å². The van der Waals surface area contributed by atoms with Gasteiger partial charge in [0.25, 0.3) is 0 Å². The van der Waals surface area contributed by atoms with Gasteiger partial charge in [-0.05, 0) is 52.3 Å². The minimum atomic E-state index is 0.401. The summed E-state index contributed by atoms with van der Waals surface area (Å²) in [6.45, 7) is 22.4. The Morgan fingerprint density at radius 1 is 0.833 bits per heavy atom. The highest BCUT2D eigenvalue weighted by molar-refractivity contribution is 5.15. The molecule has 0 radical (unpaired) electrons. The lowest BCUT2D eigenvalue weighted by molar-refractivity contribution is -0.242. The van der Waals surface area contributed by atoms with E-state index in [0.717, 1.165) is 17.8 Å². The van der Waals surface area contributed by atoms with Crippen molar-refractivity contribution < 1.29 is 0 Å². The number of hydrogen-bond donors (Lipinski definition) is 0. The molecule has 3 aliphatic carbocycles. The van der Waals surface area contributed by atoms with Gasteiger partial charge >= 0.3 is 0 Å². The van der Waals surface area contributed by atoms with Gasteiger partial charge in [0.1, 0.15) is 0 Å². The highest BCUT2D eigenvalue weighted by Gasteiger charge is 2.67. The average molecular weight is 250 g/mol. The number of rotatable bonds is 0. The fraction of sp³-hybridized carbons (Fsp3) is 1.00. The van der Waals surface area contributed by atoms with Crippen LogP contribution in [0.3, 0.4) is 0 Å². The van der Waals surface area contributed by atoms with Gasteiger partial charge in [-0.2, -0.15) is 0 Å². The number of hydrogen-bond acceptors (Lipinski definition) is 0. The van der Waals surface area contributed by atoms with Crippen molar-refractivity contribution in [1.82, 2.24) is 0 Å². The monoisotopic (exact) mass is 250 g/mol. The minimum absolute atomic E-state index is 0.401. The smallest absolute Gasteiger partial charge is 0.0210 e. The SMILES string of the molecule is CC(C)(C)C1C[C@H]2C[C@H](C2(C)C)[C@]1(C)C(C)(C)C. The van der Waals surface area contributed by atoms with Crippen molar-refractivity contribution in [2.45, 2.75) is 75.2 Å². The maximum Gasteiger partial charge on any atom is -0.0210 e. The van der Waals surface area contributed by atoms with Crippen LogP contribution in [0.25, 0.3) is 0 Å². The quantitative estimate of drug-likeness (QED) is 0.512. The molecule has 0 aliphatic heterocycles. The normalized spacial score (nSPS) is 43.5. The van der Waals surface area contributed by atoms with Crippen molar-refractivity contribution >= 4 is 0 Å². The zero-order chi connectivity index (χ0) is 14.1. The Bertz CT molecular complexity index is 336. The third-order valence-corrected chi connectivity index (χ3v) is 7.10. The summed E-state index contributed by atoms with van der Waals surface area (Å²) in [5.41, 5.74) is 1.89. The minimum Gasteiger partial charge on any atom is -0.0599 e. The fourth-order valence-corrected chi connectivity index (χ4v) is 5.50. The first-order chi connectivity index (χ1) is 7.83. The van der Waals surface area contributed by atoms with E-state index in [-0.39, 0.29) is 0 Å². The predicted octanol–water partition coefficient (Wildman–Crippen LogP) is 5.77. The van der Waals surface area contributed by atoms with Crippen LogP contribution in [-0.2, 0) is 0 Å². The van der Waals surface area contributed by atoms with Gasteiger partial charge in [0.2, 0.25) is 0 Å². The third-order valence-electron chi connectivity index (χ3n) is 7.10. The number of fused-ring (bicyclic) bond motifs is 2. The zero-order valence-electron chi connectivity index (χ0n) is 14.1. The Morgan fingerprint density at radius 2 is 1.33 bits per heavy atom. The topological polar surface area (TPSA) is 0 Å².